The standard InChI is InChI=1S/C22H30N6O4S.C22H19N3O4.C6H8O7/c1-5-7-17-19-20(27(4)25-17)22(29)24-21(23-19)16-14-15(8-9-18(16)32-6-2)33(30,31)28-12-10-26(3)11-13-28;1-24-10-19(26)25-16(22(24)27)9-14-13-4-2-3-5-15(13)23-20(14)21(25)12-6-7-17-18(8-12)29-11-28-17;7-3(8)1-6(13,5(11)12)2-4(9)10/h8-9,14H,5-7,10-13H2,1-4H3,(H,23,24,29);2-8,16,21,23H,9-11H2,1H3;13H,1-2H2,(H,7,8)(H,9,10)(H,11,12)/t;16-,21-;/m.1./s1. The third kappa shape index (κ3) is 10.7. The Hall–Kier alpha value is -7.87. The molecule has 25 heteroatoms. The molecule has 75 heavy (non-hydrogen) atoms. The molecule has 3 aromatic heterocycles. The molecule has 0 aliphatic carbocycles. The molecule has 2 atom stereocenters. The zero-order valence-corrected chi connectivity index (χ0v) is 42.5. The SMILES string of the molecule is CCCc1nn(C)c2c(=O)[nH]c(-c3cc(S(=O)(=O)N4CCN(C)CC4)ccc3OCC)nc12.CN1CC(=O)N2[C@H](c3ccc4c(c3)OCO4)c3[nH]c4ccccc4c3C[C@@H]2C1=O.O=C(O)CC(O)(CC(=O)O)C(=O)O. The van der Waals surface area contributed by atoms with E-state index in [0.717, 1.165) is 39.8 Å². The molecule has 0 saturated carbocycles. The van der Waals surface area contributed by atoms with Crippen LogP contribution in [0.25, 0.3) is 33.3 Å². The number of ether oxygens (including phenoxy) is 3. The van der Waals surface area contributed by atoms with Gasteiger partial charge in [0.2, 0.25) is 28.6 Å². The van der Waals surface area contributed by atoms with Crippen LogP contribution >= 0.6 is 0 Å². The first-order valence-corrected chi connectivity index (χ1v) is 25.5. The fourth-order valence-electron chi connectivity index (χ4n) is 9.64. The minimum Gasteiger partial charge on any atom is -0.493 e. The van der Waals surface area contributed by atoms with Gasteiger partial charge in [0.05, 0.1) is 48.2 Å². The number of carbonyl (C=O) groups is 5. The lowest BCUT2D eigenvalue weighted by molar-refractivity contribution is -0.170. The smallest absolute Gasteiger partial charge is 0.336 e. The summed E-state index contributed by atoms with van der Waals surface area (Å²) in [4.78, 5) is 86.0. The lowest BCUT2D eigenvalue weighted by Gasteiger charge is -2.46. The summed E-state index contributed by atoms with van der Waals surface area (Å²) in [6, 6.07) is 17.6. The van der Waals surface area contributed by atoms with Gasteiger partial charge in [0, 0.05) is 63.3 Å². The quantitative estimate of drug-likeness (QED) is 0.0968. The molecule has 3 aromatic carbocycles. The van der Waals surface area contributed by atoms with Crippen molar-refractivity contribution in [1.29, 1.82) is 0 Å². The first-order chi connectivity index (χ1) is 35.6. The van der Waals surface area contributed by atoms with Crippen LogP contribution in [0, 0.1) is 0 Å². The fraction of sp³-hybridized carbons (Fsp3) is 0.400. The molecule has 7 heterocycles. The minimum atomic E-state index is -3.70. The molecule has 2 saturated heterocycles. The van der Waals surface area contributed by atoms with Gasteiger partial charge in [-0.25, -0.2) is 18.2 Å². The summed E-state index contributed by atoms with van der Waals surface area (Å²) in [6.07, 6.45) is -0.235. The lowest BCUT2D eigenvalue weighted by atomic mass is 9.86. The van der Waals surface area contributed by atoms with E-state index in [4.69, 9.17) is 39.6 Å². The van der Waals surface area contributed by atoms with Crippen molar-refractivity contribution in [3.8, 4) is 28.6 Å². The van der Waals surface area contributed by atoms with Gasteiger partial charge < -0.3 is 59.3 Å². The van der Waals surface area contributed by atoms with Crippen molar-refractivity contribution in [3.05, 3.63) is 93.5 Å². The summed E-state index contributed by atoms with van der Waals surface area (Å²) in [5.41, 5.74) is 2.98. The van der Waals surface area contributed by atoms with E-state index >= 15 is 0 Å². The molecule has 0 bridgehead atoms. The van der Waals surface area contributed by atoms with Crippen LogP contribution in [0.15, 0.2) is 70.4 Å². The van der Waals surface area contributed by atoms with Gasteiger partial charge in [-0.05, 0) is 67.9 Å². The van der Waals surface area contributed by atoms with Crippen LogP contribution in [-0.2, 0) is 53.9 Å². The number of amides is 2. The Balaban J connectivity index is 0.000000163. The van der Waals surface area contributed by atoms with Crippen molar-refractivity contribution >= 4 is 61.7 Å². The van der Waals surface area contributed by atoms with E-state index < -0.39 is 52.4 Å². The molecule has 6 aromatic rings. The van der Waals surface area contributed by atoms with Crippen LogP contribution in [0.1, 0.15) is 61.7 Å². The number of carboxylic acid groups (broad SMARTS) is 3. The van der Waals surface area contributed by atoms with E-state index in [1.54, 1.807) is 37.2 Å². The molecule has 10 rings (SSSR count). The van der Waals surface area contributed by atoms with Gasteiger partial charge in [0.25, 0.3) is 5.56 Å². The number of nitrogens with zero attached hydrogens (tertiary/aromatic N) is 7. The monoisotopic (exact) mass is 1060 g/mol. The van der Waals surface area contributed by atoms with E-state index in [-0.39, 0.29) is 47.5 Å². The second kappa shape index (κ2) is 21.5. The Morgan fingerprint density at radius 3 is 2.24 bits per heavy atom. The van der Waals surface area contributed by atoms with Gasteiger partial charge in [0.15, 0.2) is 22.6 Å². The van der Waals surface area contributed by atoms with E-state index in [9.17, 15) is 37.2 Å². The molecule has 0 spiro atoms. The summed E-state index contributed by atoms with van der Waals surface area (Å²) in [5, 5.41) is 39.4. The predicted octanol–water partition coefficient (Wildman–Crippen LogP) is 2.57. The number of sulfonamides is 1. The highest BCUT2D eigenvalue weighted by molar-refractivity contribution is 7.89. The Bertz CT molecular complexity index is 3370. The number of aryl methyl sites for hydroxylation is 2. The number of carbonyl (C=O) groups excluding carboxylic acids is 2. The Kier molecular flexibility index (Phi) is 15.3. The number of piperazine rings is 2. The van der Waals surface area contributed by atoms with Crippen LogP contribution in [0.5, 0.6) is 17.2 Å². The summed E-state index contributed by atoms with van der Waals surface area (Å²) in [7, 11) is 1.68. The number of aliphatic carboxylic acids is 3. The van der Waals surface area contributed by atoms with Crippen LogP contribution in [-0.4, -0.2) is 174 Å². The third-order valence-corrected chi connectivity index (χ3v) is 15.2. The molecular formula is C50H57N9O15S. The van der Waals surface area contributed by atoms with Gasteiger partial charge in [-0.2, -0.15) is 9.40 Å². The lowest BCUT2D eigenvalue weighted by Crippen LogP contribution is -2.62. The molecule has 2 amide bonds. The predicted molar refractivity (Wildman–Crippen MR) is 268 cm³/mol. The fourth-order valence-corrected chi connectivity index (χ4v) is 11.1. The number of nitrogens with one attached hydrogen (secondary N) is 2. The number of hydrogen-bond donors (Lipinski definition) is 6. The highest BCUT2D eigenvalue weighted by Gasteiger charge is 2.48. The zero-order valence-electron chi connectivity index (χ0n) is 41.7. The van der Waals surface area contributed by atoms with Crippen molar-refractivity contribution in [1.82, 2.24) is 43.7 Å². The highest BCUT2D eigenvalue weighted by Crippen LogP contribution is 2.45. The number of para-hydroxylation sites is 1. The summed E-state index contributed by atoms with van der Waals surface area (Å²) >= 11 is 0. The number of rotatable bonds is 13. The summed E-state index contributed by atoms with van der Waals surface area (Å²) < 4.78 is 46.5. The highest BCUT2D eigenvalue weighted by atomic mass is 32.2. The second-order valence-corrected chi connectivity index (χ2v) is 20.4. The van der Waals surface area contributed by atoms with Crippen molar-refractivity contribution in [2.45, 2.75) is 68.5 Å². The number of benzene rings is 3. The minimum absolute atomic E-state index is 0.0220. The Morgan fingerprint density at radius 1 is 0.880 bits per heavy atom. The molecule has 0 radical (unpaired) electrons. The van der Waals surface area contributed by atoms with Gasteiger partial charge in [-0.3, -0.25) is 28.7 Å². The molecule has 24 nitrogen and oxygen atoms in total. The average molecular weight is 1060 g/mol. The first kappa shape index (κ1) is 53.4. The van der Waals surface area contributed by atoms with Crippen molar-refractivity contribution in [2.75, 3.05) is 60.2 Å². The molecule has 0 unspecified atom stereocenters. The maximum absolute atomic E-state index is 13.3. The van der Waals surface area contributed by atoms with E-state index in [0.29, 0.717) is 79.5 Å². The maximum atomic E-state index is 13.3. The summed E-state index contributed by atoms with van der Waals surface area (Å²) in [6.45, 7) is 6.76. The van der Waals surface area contributed by atoms with Gasteiger partial charge in [0.1, 0.15) is 23.1 Å². The molecule has 398 valence electrons. The number of aromatic amines is 2. The van der Waals surface area contributed by atoms with Crippen LogP contribution in [0.2, 0.25) is 0 Å². The zero-order chi connectivity index (χ0) is 54.1. The average Bonchev–Trinajstić information content (AvgIpc) is 4.08. The van der Waals surface area contributed by atoms with Gasteiger partial charge in [-0.1, -0.05) is 37.6 Å². The van der Waals surface area contributed by atoms with E-state index in [1.165, 1.54) is 13.9 Å². The number of likely N-dealkylation sites (N-methyl/N-ethyl adjacent to an activating group) is 2. The van der Waals surface area contributed by atoms with Crippen molar-refractivity contribution < 1.29 is 67.0 Å². The number of fused-ring (bicyclic) bond motifs is 6. The Morgan fingerprint density at radius 2 is 1.57 bits per heavy atom. The van der Waals surface area contributed by atoms with Crippen LogP contribution in [0.3, 0.4) is 0 Å². The normalized spacial score (nSPS) is 17.7. The number of aromatic nitrogens is 5. The number of carboxylic acids is 3. The Labute approximate surface area is 429 Å². The summed E-state index contributed by atoms with van der Waals surface area (Å²) in [5.74, 6) is -3.02. The van der Waals surface area contributed by atoms with Crippen molar-refractivity contribution in [3.63, 3.8) is 0 Å². The third-order valence-electron chi connectivity index (χ3n) is 13.3. The number of hydrogen-bond acceptors (Lipinski definition) is 15. The topological polar surface area (TPSA) is 320 Å². The maximum Gasteiger partial charge on any atom is 0.336 e. The first-order valence-electron chi connectivity index (χ1n) is 24.0. The van der Waals surface area contributed by atoms with Crippen molar-refractivity contribution in [2.24, 2.45) is 7.05 Å². The molecule has 2 fully saturated rings. The van der Waals surface area contributed by atoms with Crippen LogP contribution < -0.4 is 19.8 Å². The number of H-pyrrole nitrogens is 2. The van der Waals surface area contributed by atoms with Gasteiger partial charge >= 0.3 is 17.9 Å². The molecule has 6 N–H and O–H groups in total. The second-order valence-electron chi connectivity index (χ2n) is 18.5. The molecular weight excluding hydrogens is 999 g/mol. The van der Waals surface area contributed by atoms with Crippen LogP contribution in [0.4, 0.5) is 0 Å². The van der Waals surface area contributed by atoms with E-state index in [1.807, 2.05) is 57.3 Å². The van der Waals surface area contributed by atoms with E-state index in [2.05, 4.69) is 26.0 Å². The molecule has 4 aliphatic heterocycles. The molecule has 4 aliphatic rings. The van der Waals surface area contributed by atoms with Gasteiger partial charge in [-0.15, -0.1) is 0 Å². The largest absolute Gasteiger partial charge is 0.493 e. The number of aliphatic hydroxyl groups is 1.